The first-order valence-corrected chi connectivity index (χ1v) is 6.45. The summed E-state index contributed by atoms with van der Waals surface area (Å²) in [4.78, 5) is 18.5. The van der Waals surface area contributed by atoms with Crippen LogP contribution in [0.1, 0.15) is 24.3 Å². The Kier molecular flexibility index (Phi) is 4.73. The highest BCUT2D eigenvalue weighted by molar-refractivity contribution is 5.89. The molecule has 6 nitrogen and oxygen atoms in total. The first-order valence-electron chi connectivity index (χ1n) is 6.45. The van der Waals surface area contributed by atoms with Gasteiger partial charge in [-0.1, -0.05) is 12.1 Å². The van der Waals surface area contributed by atoms with Gasteiger partial charge < -0.3 is 20.7 Å². The Morgan fingerprint density at radius 3 is 2.75 bits per heavy atom. The maximum atomic E-state index is 11.7. The number of aliphatic hydroxyl groups excluding tert-OH is 1. The molecule has 0 aliphatic rings. The molecule has 0 fully saturated rings. The first kappa shape index (κ1) is 14.1. The maximum absolute atomic E-state index is 11.7. The van der Waals surface area contributed by atoms with Gasteiger partial charge in [0.25, 0.3) is 0 Å². The molecule has 0 aliphatic heterocycles. The van der Waals surface area contributed by atoms with Crippen LogP contribution in [0.25, 0.3) is 0 Å². The number of nitrogens with zero attached hydrogens (tertiary/aromatic N) is 1. The number of aromatic amines is 1. The summed E-state index contributed by atoms with van der Waals surface area (Å²) in [6, 6.07) is 6.83. The zero-order chi connectivity index (χ0) is 14.4. The second-order valence-electron chi connectivity index (χ2n) is 4.51. The van der Waals surface area contributed by atoms with E-state index in [1.54, 1.807) is 43.7 Å². The Morgan fingerprint density at radius 2 is 2.15 bits per heavy atom. The van der Waals surface area contributed by atoms with E-state index in [-0.39, 0.29) is 6.03 Å². The van der Waals surface area contributed by atoms with Gasteiger partial charge in [-0.25, -0.2) is 9.78 Å². The van der Waals surface area contributed by atoms with Crippen LogP contribution in [-0.2, 0) is 6.42 Å². The minimum Gasteiger partial charge on any atom is -0.389 e. The molecule has 20 heavy (non-hydrogen) atoms. The van der Waals surface area contributed by atoms with Crippen molar-refractivity contribution in [2.24, 2.45) is 0 Å². The van der Waals surface area contributed by atoms with Gasteiger partial charge in [-0.3, -0.25) is 0 Å². The Hall–Kier alpha value is -2.34. The van der Waals surface area contributed by atoms with E-state index < -0.39 is 6.10 Å². The lowest BCUT2D eigenvalue weighted by atomic mass is 10.1. The zero-order valence-corrected chi connectivity index (χ0v) is 11.3. The lowest BCUT2D eigenvalue weighted by Crippen LogP contribution is -2.30. The molecule has 1 atom stereocenters. The molecule has 106 valence electrons. The highest BCUT2D eigenvalue weighted by atomic mass is 16.3. The number of imidazole rings is 1. The van der Waals surface area contributed by atoms with Crippen molar-refractivity contribution in [3.8, 4) is 0 Å². The van der Waals surface area contributed by atoms with Gasteiger partial charge in [0.1, 0.15) is 0 Å². The second-order valence-corrected chi connectivity index (χ2v) is 4.51. The van der Waals surface area contributed by atoms with Crippen molar-refractivity contribution >= 4 is 11.7 Å². The number of carbonyl (C=O) groups is 1. The molecule has 0 aliphatic carbocycles. The SMILES string of the molecule is CC(O)c1ccc(NC(=O)NCCc2cnc[nH]2)cc1. The molecule has 4 N–H and O–H groups in total. The predicted octanol–water partition coefficient (Wildman–Crippen LogP) is 1.83. The highest BCUT2D eigenvalue weighted by Crippen LogP contribution is 2.15. The van der Waals surface area contributed by atoms with Gasteiger partial charge in [-0.2, -0.15) is 0 Å². The minimum absolute atomic E-state index is 0.255. The smallest absolute Gasteiger partial charge is 0.319 e. The molecule has 2 aromatic rings. The third-order valence-corrected chi connectivity index (χ3v) is 2.89. The summed E-state index contributed by atoms with van der Waals surface area (Å²) in [5.74, 6) is 0. The Labute approximate surface area is 117 Å². The van der Waals surface area contributed by atoms with Gasteiger partial charge in [-0.05, 0) is 24.6 Å². The van der Waals surface area contributed by atoms with E-state index in [0.717, 1.165) is 11.3 Å². The molecule has 1 aromatic carbocycles. The van der Waals surface area contributed by atoms with Crippen molar-refractivity contribution in [2.75, 3.05) is 11.9 Å². The fourth-order valence-corrected chi connectivity index (χ4v) is 1.75. The van der Waals surface area contributed by atoms with Crippen molar-refractivity contribution in [1.29, 1.82) is 0 Å². The van der Waals surface area contributed by atoms with Gasteiger partial charge in [0.05, 0.1) is 12.4 Å². The average Bonchev–Trinajstić information content (AvgIpc) is 2.92. The summed E-state index contributed by atoms with van der Waals surface area (Å²) >= 11 is 0. The van der Waals surface area contributed by atoms with E-state index >= 15 is 0 Å². The molecule has 0 radical (unpaired) electrons. The van der Waals surface area contributed by atoms with E-state index in [0.29, 0.717) is 18.7 Å². The van der Waals surface area contributed by atoms with Crippen molar-refractivity contribution in [3.05, 3.63) is 48.0 Å². The third kappa shape index (κ3) is 4.10. The van der Waals surface area contributed by atoms with Crippen molar-refractivity contribution < 1.29 is 9.90 Å². The number of amides is 2. The molecule has 2 rings (SSSR count). The van der Waals surface area contributed by atoms with E-state index in [2.05, 4.69) is 20.6 Å². The quantitative estimate of drug-likeness (QED) is 0.670. The summed E-state index contributed by atoms with van der Waals surface area (Å²) < 4.78 is 0. The number of aromatic nitrogens is 2. The number of H-pyrrole nitrogens is 1. The Balaban J connectivity index is 1.76. The highest BCUT2D eigenvalue weighted by Gasteiger charge is 2.03. The Bertz CT molecular complexity index is 535. The molecule has 0 spiro atoms. The zero-order valence-electron chi connectivity index (χ0n) is 11.3. The number of benzene rings is 1. The number of hydrogen-bond donors (Lipinski definition) is 4. The van der Waals surface area contributed by atoms with Crippen LogP contribution in [0, 0.1) is 0 Å². The Morgan fingerprint density at radius 1 is 1.40 bits per heavy atom. The van der Waals surface area contributed by atoms with Gasteiger partial charge in [-0.15, -0.1) is 0 Å². The molecule has 2 amide bonds. The molecular weight excluding hydrogens is 256 g/mol. The summed E-state index contributed by atoms with van der Waals surface area (Å²) in [5.41, 5.74) is 2.48. The standard InChI is InChI=1S/C14H18N4O2/c1-10(19)11-2-4-12(5-3-11)18-14(20)16-7-6-13-8-15-9-17-13/h2-5,8-10,19H,6-7H2,1H3,(H,15,17)(H2,16,18,20). The number of aliphatic hydroxyl groups is 1. The second kappa shape index (κ2) is 6.72. The van der Waals surface area contributed by atoms with Crippen molar-refractivity contribution in [2.45, 2.75) is 19.4 Å². The summed E-state index contributed by atoms with van der Waals surface area (Å²) in [6.45, 7) is 2.23. The lowest BCUT2D eigenvalue weighted by molar-refractivity contribution is 0.199. The number of hydrogen-bond acceptors (Lipinski definition) is 3. The van der Waals surface area contributed by atoms with Crippen LogP contribution >= 0.6 is 0 Å². The van der Waals surface area contributed by atoms with Crippen LogP contribution in [0.2, 0.25) is 0 Å². The van der Waals surface area contributed by atoms with E-state index in [1.165, 1.54) is 0 Å². The monoisotopic (exact) mass is 274 g/mol. The summed E-state index contributed by atoms with van der Waals surface area (Å²) in [5, 5.41) is 14.9. The fourth-order valence-electron chi connectivity index (χ4n) is 1.75. The number of urea groups is 1. The van der Waals surface area contributed by atoms with Crippen LogP contribution < -0.4 is 10.6 Å². The van der Waals surface area contributed by atoms with Gasteiger partial charge >= 0.3 is 6.03 Å². The normalized spacial score (nSPS) is 11.9. The molecule has 1 unspecified atom stereocenters. The van der Waals surface area contributed by atoms with Crippen LogP contribution in [0.5, 0.6) is 0 Å². The lowest BCUT2D eigenvalue weighted by Gasteiger charge is -2.09. The summed E-state index contributed by atoms with van der Waals surface area (Å²) in [7, 11) is 0. The van der Waals surface area contributed by atoms with Gasteiger partial charge in [0, 0.05) is 30.5 Å². The van der Waals surface area contributed by atoms with E-state index in [4.69, 9.17) is 0 Å². The fraction of sp³-hybridized carbons (Fsp3) is 0.286. The molecule has 0 saturated heterocycles. The van der Waals surface area contributed by atoms with E-state index in [1.807, 2.05) is 0 Å². The van der Waals surface area contributed by atoms with Crippen LogP contribution in [0.4, 0.5) is 10.5 Å². The minimum atomic E-state index is -0.507. The van der Waals surface area contributed by atoms with Gasteiger partial charge in [0.2, 0.25) is 0 Å². The number of carbonyl (C=O) groups excluding carboxylic acids is 1. The van der Waals surface area contributed by atoms with Crippen LogP contribution in [0.3, 0.4) is 0 Å². The van der Waals surface area contributed by atoms with Crippen LogP contribution in [0.15, 0.2) is 36.8 Å². The summed E-state index contributed by atoms with van der Waals surface area (Å²) in [6.07, 6.45) is 3.54. The van der Waals surface area contributed by atoms with Crippen molar-refractivity contribution in [3.63, 3.8) is 0 Å². The largest absolute Gasteiger partial charge is 0.389 e. The van der Waals surface area contributed by atoms with Crippen molar-refractivity contribution in [1.82, 2.24) is 15.3 Å². The van der Waals surface area contributed by atoms with E-state index in [9.17, 15) is 9.90 Å². The van der Waals surface area contributed by atoms with Gasteiger partial charge in [0.15, 0.2) is 0 Å². The third-order valence-electron chi connectivity index (χ3n) is 2.89. The average molecular weight is 274 g/mol. The topological polar surface area (TPSA) is 90.0 Å². The first-order chi connectivity index (χ1) is 9.65. The number of nitrogens with one attached hydrogen (secondary N) is 3. The molecule has 1 heterocycles. The molecule has 0 bridgehead atoms. The number of anilines is 1. The molecule has 6 heteroatoms. The molecule has 0 saturated carbocycles. The molecule has 1 aromatic heterocycles. The molecular formula is C14H18N4O2. The maximum Gasteiger partial charge on any atom is 0.319 e. The number of rotatable bonds is 5. The predicted molar refractivity (Wildman–Crippen MR) is 76.4 cm³/mol. The van der Waals surface area contributed by atoms with Crippen LogP contribution in [-0.4, -0.2) is 27.7 Å².